The number of carbonyl (C=O) groups is 1. The topological polar surface area (TPSA) is 114 Å². The SMILES string of the molecule is CC(C)NC(=O)C1(C)COC(c2nc(-c3ccc(F)cc3)c(-c3ccnc(N4CCOCC4)n3)[nH]2)OC1. The summed E-state index contributed by atoms with van der Waals surface area (Å²) in [5.41, 5.74) is 1.75. The van der Waals surface area contributed by atoms with Crippen LogP contribution in [0.3, 0.4) is 0 Å². The van der Waals surface area contributed by atoms with Gasteiger partial charge < -0.3 is 29.4 Å². The first-order valence-corrected chi connectivity index (χ1v) is 12.4. The molecule has 1 amide bonds. The van der Waals surface area contributed by atoms with Crippen molar-refractivity contribution in [3.05, 3.63) is 48.2 Å². The highest BCUT2D eigenvalue weighted by atomic mass is 19.1. The molecule has 2 N–H and O–H groups in total. The van der Waals surface area contributed by atoms with Crippen molar-refractivity contribution in [3.63, 3.8) is 0 Å². The molecule has 3 aromatic rings. The Balaban J connectivity index is 1.45. The number of ether oxygens (including phenoxy) is 3. The summed E-state index contributed by atoms with van der Waals surface area (Å²) in [6.07, 6.45) is 0.905. The Bertz CT molecular complexity index is 1230. The van der Waals surface area contributed by atoms with Gasteiger partial charge in [-0.15, -0.1) is 0 Å². The lowest BCUT2D eigenvalue weighted by atomic mass is 9.90. The predicted molar refractivity (Wildman–Crippen MR) is 134 cm³/mol. The molecule has 4 heterocycles. The molecule has 2 aromatic heterocycles. The number of anilines is 1. The largest absolute Gasteiger partial charge is 0.378 e. The normalized spacial score (nSPS) is 22.3. The number of hydrogen-bond acceptors (Lipinski definition) is 8. The highest BCUT2D eigenvalue weighted by Gasteiger charge is 2.41. The number of nitrogens with zero attached hydrogens (tertiary/aromatic N) is 4. The molecule has 0 aliphatic carbocycles. The van der Waals surface area contributed by atoms with Crippen molar-refractivity contribution in [3.8, 4) is 22.6 Å². The van der Waals surface area contributed by atoms with Crippen LogP contribution in [0, 0.1) is 11.2 Å². The van der Waals surface area contributed by atoms with Crippen LogP contribution in [-0.2, 0) is 19.0 Å². The van der Waals surface area contributed by atoms with Gasteiger partial charge in [0.2, 0.25) is 18.1 Å². The molecule has 2 fully saturated rings. The third kappa shape index (κ3) is 5.48. The molecule has 0 bridgehead atoms. The van der Waals surface area contributed by atoms with Gasteiger partial charge in [-0.3, -0.25) is 4.79 Å². The Labute approximate surface area is 214 Å². The van der Waals surface area contributed by atoms with Crippen LogP contribution < -0.4 is 10.2 Å². The summed E-state index contributed by atoms with van der Waals surface area (Å²) in [5.74, 6) is 0.576. The molecule has 0 spiro atoms. The van der Waals surface area contributed by atoms with E-state index in [1.54, 1.807) is 24.4 Å². The molecule has 1 aromatic carbocycles. The fourth-order valence-corrected chi connectivity index (χ4v) is 4.24. The molecular weight excluding hydrogens is 479 g/mol. The Hall–Kier alpha value is -3.41. The molecule has 0 atom stereocenters. The zero-order valence-corrected chi connectivity index (χ0v) is 21.2. The van der Waals surface area contributed by atoms with Gasteiger partial charge in [0.25, 0.3) is 0 Å². The summed E-state index contributed by atoms with van der Waals surface area (Å²) in [6, 6.07) is 7.92. The highest BCUT2D eigenvalue weighted by molar-refractivity contribution is 5.83. The van der Waals surface area contributed by atoms with E-state index in [0.717, 1.165) is 0 Å². The number of hydrogen-bond donors (Lipinski definition) is 2. The number of halogens is 1. The van der Waals surface area contributed by atoms with Crippen molar-refractivity contribution < 1.29 is 23.4 Å². The molecule has 0 saturated carbocycles. The van der Waals surface area contributed by atoms with E-state index in [4.69, 9.17) is 24.2 Å². The third-order valence-electron chi connectivity index (χ3n) is 6.33. The van der Waals surface area contributed by atoms with Crippen LogP contribution in [-0.4, -0.2) is 71.4 Å². The van der Waals surface area contributed by atoms with Crippen LogP contribution in [0.2, 0.25) is 0 Å². The van der Waals surface area contributed by atoms with E-state index in [-0.39, 0.29) is 31.0 Å². The molecule has 5 rings (SSSR count). The second kappa shape index (κ2) is 10.5. The van der Waals surface area contributed by atoms with Crippen LogP contribution in [0.25, 0.3) is 22.6 Å². The number of H-pyrrole nitrogens is 1. The second-order valence-corrected chi connectivity index (χ2v) is 9.84. The van der Waals surface area contributed by atoms with Crippen molar-refractivity contribution in [2.24, 2.45) is 5.41 Å². The summed E-state index contributed by atoms with van der Waals surface area (Å²) in [7, 11) is 0. The van der Waals surface area contributed by atoms with E-state index in [1.165, 1.54) is 12.1 Å². The summed E-state index contributed by atoms with van der Waals surface area (Å²) >= 11 is 0. The van der Waals surface area contributed by atoms with Gasteiger partial charge in [0, 0.05) is 30.9 Å². The Morgan fingerprint density at radius 1 is 1.14 bits per heavy atom. The van der Waals surface area contributed by atoms with Crippen molar-refractivity contribution >= 4 is 11.9 Å². The molecule has 0 radical (unpaired) electrons. The molecule has 37 heavy (non-hydrogen) atoms. The monoisotopic (exact) mass is 510 g/mol. The summed E-state index contributed by atoms with van der Waals surface area (Å²) in [4.78, 5) is 32.0. The molecule has 0 unspecified atom stereocenters. The number of carbonyl (C=O) groups excluding carboxylic acids is 1. The third-order valence-corrected chi connectivity index (χ3v) is 6.33. The van der Waals surface area contributed by atoms with Gasteiger partial charge in [-0.05, 0) is 51.1 Å². The molecule has 2 aliphatic heterocycles. The molecule has 2 aliphatic rings. The van der Waals surface area contributed by atoms with Gasteiger partial charge in [-0.2, -0.15) is 0 Å². The maximum Gasteiger partial charge on any atom is 0.230 e. The number of benzene rings is 1. The average molecular weight is 511 g/mol. The van der Waals surface area contributed by atoms with Crippen molar-refractivity contribution in [2.75, 3.05) is 44.4 Å². The first kappa shape index (κ1) is 25.2. The van der Waals surface area contributed by atoms with Crippen molar-refractivity contribution in [2.45, 2.75) is 33.1 Å². The van der Waals surface area contributed by atoms with E-state index in [0.29, 0.717) is 60.7 Å². The lowest BCUT2D eigenvalue weighted by Gasteiger charge is -2.35. The summed E-state index contributed by atoms with van der Waals surface area (Å²) in [6.45, 7) is 8.62. The van der Waals surface area contributed by atoms with Gasteiger partial charge in [0.1, 0.15) is 5.82 Å². The van der Waals surface area contributed by atoms with E-state index in [1.807, 2.05) is 20.8 Å². The van der Waals surface area contributed by atoms with E-state index in [9.17, 15) is 9.18 Å². The number of rotatable bonds is 6. The van der Waals surface area contributed by atoms with Crippen molar-refractivity contribution in [1.82, 2.24) is 25.3 Å². The highest BCUT2D eigenvalue weighted by Crippen LogP contribution is 2.35. The Morgan fingerprint density at radius 3 is 2.51 bits per heavy atom. The second-order valence-electron chi connectivity index (χ2n) is 9.84. The smallest absolute Gasteiger partial charge is 0.230 e. The van der Waals surface area contributed by atoms with Crippen LogP contribution in [0.15, 0.2) is 36.5 Å². The van der Waals surface area contributed by atoms with Crippen LogP contribution in [0.5, 0.6) is 0 Å². The number of amides is 1. The number of nitrogens with one attached hydrogen (secondary N) is 2. The Kier molecular flexibility index (Phi) is 7.18. The number of imidazole rings is 1. The van der Waals surface area contributed by atoms with Gasteiger partial charge in [0.05, 0.1) is 48.9 Å². The minimum Gasteiger partial charge on any atom is -0.378 e. The van der Waals surface area contributed by atoms with E-state index < -0.39 is 11.7 Å². The zero-order valence-electron chi connectivity index (χ0n) is 21.2. The van der Waals surface area contributed by atoms with Gasteiger partial charge >= 0.3 is 0 Å². The van der Waals surface area contributed by atoms with E-state index >= 15 is 0 Å². The fraction of sp³-hybridized carbons (Fsp3) is 0.462. The number of aromatic nitrogens is 4. The molecule has 10 nitrogen and oxygen atoms in total. The average Bonchev–Trinajstić information content (AvgIpc) is 3.35. The predicted octanol–water partition coefficient (Wildman–Crippen LogP) is 3.09. The molecule has 196 valence electrons. The minimum absolute atomic E-state index is 0.0168. The lowest BCUT2D eigenvalue weighted by molar-refractivity contribution is -0.231. The summed E-state index contributed by atoms with van der Waals surface area (Å²) < 4.78 is 31.0. The first-order chi connectivity index (χ1) is 17.8. The Morgan fingerprint density at radius 2 is 1.84 bits per heavy atom. The molecule has 2 saturated heterocycles. The van der Waals surface area contributed by atoms with Gasteiger partial charge in [-0.25, -0.2) is 19.3 Å². The minimum atomic E-state index is -0.810. The van der Waals surface area contributed by atoms with Crippen LogP contribution in [0.4, 0.5) is 10.3 Å². The van der Waals surface area contributed by atoms with E-state index in [2.05, 4.69) is 20.2 Å². The van der Waals surface area contributed by atoms with Gasteiger partial charge in [-0.1, -0.05) is 0 Å². The summed E-state index contributed by atoms with van der Waals surface area (Å²) in [5, 5.41) is 2.92. The van der Waals surface area contributed by atoms with Gasteiger partial charge in [0.15, 0.2) is 5.82 Å². The zero-order chi connectivity index (χ0) is 26.0. The maximum atomic E-state index is 13.7. The quantitative estimate of drug-likeness (QED) is 0.520. The molecule has 11 heteroatoms. The van der Waals surface area contributed by atoms with Crippen LogP contribution >= 0.6 is 0 Å². The number of aromatic amines is 1. The number of morpholine rings is 1. The molecular formula is C26H31FN6O4. The maximum absolute atomic E-state index is 13.7. The lowest BCUT2D eigenvalue weighted by Crippen LogP contribution is -2.50. The fourth-order valence-electron chi connectivity index (χ4n) is 4.24. The van der Waals surface area contributed by atoms with Crippen LogP contribution in [0.1, 0.15) is 32.9 Å². The standard InChI is InChI=1S/C26H31FN6O4/c1-16(2)29-24(34)26(3)14-36-23(37-15-26)22-31-20(17-4-6-18(27)7-5-17)21(32-22)19-8-9-28-25(30-19)33-10-12-35-13-11-33/h4-9,16,23H,10-15H2,1-3H3,(H,29,34)(H,31,32). The first-order valence-electron chi connectivity index (χ1n) is 12.4. The van der Waals surface area contributed by atoms with Crippen molar-refractivity contribution in [1.29, 1.82) is 0 Å².